The van der Waals surface area contributed by atoms with Crippen molar-refractivity contribution >= 4 is 5.71 Å². The lowest BCUT2D eigenvalue weighted by Crippen LogP contribution is -2.06. The Bertz CT molecular complexity index is 1260. The molecule has 5 rings (SSSR count). The summed E-state index contributed by atoms with van der Waals surface area (Å²) in [5.74, 6) is -0.390. The van der Waals surface area contributed by atoms with Crippen molar-refractivity contribution in [3.8, 4) is 22.8 Å². The molecular formula is C23H14F2N4O. The van der Waals surface area contributed by atoms with Gasteiger partial charge >= 0.3 is 0 Å². The van der Waals surface area contributed by atoms with Crippen molar-refractivity contribution in [1.29, 1.82) is 0 Å². The first-order valence-electron chi connectivity index (χ1n) is 9.21. The van der Waals surface area contributed by atoms with E-state index in [4.69, 9.17) is 4.74 Å². The van der Waals surface area contributed by atoms with Crippen LogP contribution in [-0.2, 0) is 6.54 Å². The zero-order chi connectivity index (χ0) is 20.5. The van der Waals surface area contributed by atoms with E-state index in [2.05, 4.69) is 19.9 Å². The van der Waals surface area contributed by atoms with Crippen LogP contribution in [0.4, 0.5) is 8.78 Å². The number of aromatic nitrogens is 3. The van der Waals surface area contributed by atoms with E-state index < -0.39 is 11.6 Å². The number of ether oxygens (including phenoxy) is 1. The van der Waals surface area contributed by atoms with E-state index in [1.54, 1.807) is 42.9 Å². The Morgan fingerprint density at radius 3 is 2.53 bits per heavy atom. The topological polar surface area (TPSA) is 60.3 Å². The van der Waals surface area contributed by atoms with Gasteiger partial charge in [0.15, 0.2) is 0 Å². The van der Waals surface area contributed by atoms with E-state index in [-0.39, 0.29) is 5.56 Å². The highest BCUT2D eigenvalue weighted by Crippen LogP contribution is 2.31. The van der Waals surface area contributed by atoms with Crippen molar-refractivity contribution in [2.24, 2.45) is 4.99 Å². The number of benzene rings is 2. The lowest BCUT2D eigenvalue weighted by molar-refractivity contribution is 0.457. The zero-order valence-corrected chi connectivity index (χ0v) is 15.6. The van der Waals surface area contributed by atoms with Crippen molar-refractivity contribution < 1.29 is 13.5 Å². The zero-order valence-electron chi connectivity index (χ0n) is 15.6. The van der Waals surface area contributed by atoms with Gasteiger partial charge in [-0.05, 0) is 41.5 Å². The molecule has 0 saturated heterocycles. The Morgan fingerprint density at radius 1 is 0.867 bits per heavy atom. The Morgan fingerprint density at radius 2 is 1.73 bits per heavy atom. The second-order valence-corrected chi connectivity index (χ2v) is 6.67. The molecule has 0 aliphatic carbocycles. The highest BCUT2D eigenvalue weighted by Gasteiger charge is 2.22. The molecule has 0 amide bonds. The van der Waals surface area contributed by atoms with Crippen LogP contribution in [0.3, 0.4) is 0 Å². The Kier molecular flexibility index (Phi) is 4.48. The molecule has 30 heavy (non-hydrogen) atoms. The van der Waals surface area contributed by atoms with Gasteiger partial charge in [-0.25, -0.2) is 13.8 Å². The van der Waals surface area contributed by atoms with Gasteiger partial charge in [0.05, 0.1) is 36.4 Å². The van der Waals surface area contributed by atoms with E-state index in [1.807, 2.05) is 6.07 Å². The molecule has 7 heteroatoms. The number of pyridine rings is 1. The van der Waals surface area contributed by atoms with E-state index >= 15 is 0 Å². The number of hydrogen-bond acceptors (Lipinski definition) is 5. The van der Waals surface area contributed by atoms with Crippen LogP contribution in [0.15, 0.2) is 78.3 Å². The summed E-state index contributed by atoms with van der Waals surface area (Å²) in [5, 5.41) is 0. The lowest BCUT2D eigenvalue weighted by atomic mass is 9.96. The molecule has 1 aliphatic rings. The molecule has 0 bridgehead atoms. The predicted octanol–water partition coefficient (Wildman–Crippen LogP) is 4.96. The molecule has 2 aromatic heterocycles. The van der Waals surface area contributed by atoms with Gasteiger partial charge in [-0.1, -0.05) is 18.2 Å². The largest absolute Gasteiger partial charge is 0.436 e. The second-order valence-electron chi connectivity index (χ2n) is 6.67. The summed E-state index contributed by atoms with van der Waals surface area (Å²) < 4.78 is 34.2. The van der Waals surface area contributed by atoms with Crippen LogP contribution in [-0.4, -0.2) is 20.7 Å². The van der Waals surface area contributed by atoms with Crippen LogP contribution in [0.2, 0.25) is 0 Å². The molecule has 1 aliphatic heterocycles. The van der Waals surface area contributed by atoms with Gasteiger partial charge in [0.1, 0.15) is 23.1 Å². The van der Waals surface area contributed by atoms with Crippen LogP contribution in [0.1, 0.15) is 16.8 Å². The van der Waals surface area contributed by atoms with Crippen LogP contribution in [0.5, 0.6) is 11.6 Å². The number of aliphatic imine (C=N–C) groups is 1. The maximum atomic E-state index is 14.3. The third-order valence-electron chi connectivity index (χ3n) is 4.74. The maximum Gasteiger partial charge on any atom is 0.238 e. The molecule has 0 unspecified atom stereocenters. The van der Waals surface area contributed by atoms with Gasteiger partial charge in [0, 0.05) is 11.8 Å². The third kappa shape index (κ3) is 3.30. The summed E-state index contributed by atoms with van der Waals surface area (Å²) in [7, 11) is 0. The summed E-state index contributed by atoms with van der Waals surface area (Å²) in [6, 6.07) is 12.6. The number of nitrogens with zero attached hydrogens (tertiary/aromatic N) is 4. The first-order valence-corrected chi connectivity index (χ1v) is 9.21. The maximum absolute atomic E-state index is 14.3. The Hall–Kier alpha value is -4.00. The monoisotopic (exact) mass is 400 g/mol. The quantitative estimate of drug-likeness (QED) is 0.486. The third-order valence-corrected chi connectivity index (χ3v) is 4.74. The van der Waals surface area contributed by atoms with Crippen molar-refractivity contribution in [1.82, 2.24) is 15.0 Å². The van der Waals surface area contributed by atoms with Crippen molar-refractivity contribution in [2.45, 2.75) is 6.54 Å². The fraction of sp³-hybridized carbons (Fsp3) is 0.0435. The van der Waals surface area contributed by atoms with E-state index in [1.165, 1.54) is 24.4 Å². The first-order chi connectivity index (χ1) is 14.7. The normalized spacial score (nSPS) is 12.4. The Balaban J connectivity index is 1.51. The van der Waals surface area contributed by atoms with Crippen LogP contribution >= 0.6 is 0 Å². The Labute approximate surface area is 170 Å². The number of halogens is 2. The molecular weight excluding hydrogens is 386 g/mol. The standard InChI is InChI=1S/C23H14F2N4O/c24-18-4-1-5-19(25)22(18)14-6-7-15-10-28-23(17(15)9-14)20-12-27-13-21(29-20)30-16-3-2-8-26-11-16/h1-9,11-13H,10H2. The number of rotatable bonds is 4. The highest BCUT2D eigenvalue weighted by molar-refractivity contribution is 6.14. The van der Waals surface area contributed by atoms with Gasteiger partial charge in [-0.2, -0.15) is 0 Å². The molecule has 2 aromatic carbocycles. The molecule has 0 spiro atoms. The van der Waals surface area contributed by atoms with Gasteiger partial charge in [0.2, 0.25) is 5.88 Å². The van der Waals surface area contributed by atoms with Gasteiger partial charge in [-0.15, -0.1) is 0 Å². The number of fused-ring (bicyclic) bond motifs is 1. The minimum absolute atomic E-state index is 0.0636. The summed E-state index contributed by atoms with van der Waals surface area (Å²) in [6.07, 6.45) is 6.31. The molecule has 0 saturated carbocycles. The smallest absolute Gasteiger partial charge is 0.238 e. The van der Waals surface area contributed by atoms with Crippen molar-refractivity contribution in [3.05, 3.63) is 102 Å². The highest BCUT2D eigenvalue weighted by atomic mass is 19.1. The fourth-order valence-corrected chi connectivity index (χ4v) is 3.37. The fourth-order valence-electron chi connectivity index (χ4n) is 3.37. The minimum Gasteiger partial charge on any atom is -0.436 e. The molecule has 3 heterocycles. The number of hydrogen-bond donors (Lipinski definition) is 0. The van der Waals surface area contributed by atoms with Gasteiger partial charge in [0.25, 0.3) is 0 Å². The van der Waals surface area contributed by atoms with Gasteiger partial charge in [-0.3, -0.25) is 15.0 Å². The first kappa shape index (κ1) is 18.1. The summed E-state index contributed by atoms with van der Waals surface area (Å²) >= 11 is 0. The van der Waals surface area contributed by atoms with Crippen molar-refractivity contribution in [2.75, 3.05) is 0 Å². The molecule has 146 valence electrons. The summed E-state index contributed by atoms with van der Waals surface area (Å²) in [4.78, 5) is 17.3. The molecule has 0 radical (unpaired) electrons. The molecule has 0 N–H and O–H groups in total. The predicted molar refractivity (Wildman–Crippen MR) is 107 cm³/mol. The van der Waals surface area contributed by atoms with E-state index in [0.29, 0.717) is 35.1 Å². The van der Waals surface area contributed by atoms with Crippen LogP contribution in [0, 0.1) is 11.6 Å². The molecule has 0 atom stereocenters. The summed E-state index contributed by atoms with van der Waals surface area (Å²) in [5.41, 5.74) is 3.21. The molecule has 4 aromatic rings. The molecule has 5 nitrogen and oxygen atoms in total. The lowest BCUT2D eigenvalue weighted by Gasteiger charge is -2.10. The minimum atomic E-state index is -0.613. The van der Waals surface area contributed by atoms with E-state index in [9.17, 15) is 8.78 Å². The van der Waals surface area contributed by atoms with E-state index in [0.717, 1.165) is 11.1 Å². The van der Waals surface area contributed by atoms with Gasteiger partial charge < -0.3 is 4.74 Å². The average Bonchev–Trinajstić information content (AvgIpc) is 3.18. The summed E-state index contributed by atoms with van der Waals surface area (Å²) in [6.45, 7) is 0.458. The van der Waals surface area contributed by atoms with Crippen molar-refractivity contribution in [3.63, 3.8) is 0 Å². The van der Waals surface area contributed by atoms with Crippen LogP contribution < -0.4 is 4.74 Å². The van der Waals surface area contributed by atoms with Crippen LogP contribution in [0.25, 0.3) is 11.1 Å². The second kappa shape index (κ2) is 7.44. The molecule has 0 fully saturated rings. The SMILES string of the molecule is Fc1cccc(F)c1-c1ccc2c(c1)C(c1cncc(Oc3cccnc3)n1)=NC2. The average molecular weight is 400 g/mol.